The van der Waals surface area contributed by atoms with Crippen LogP contribution in [0.1, 0.15) is 22.8 Å². The van der Waals surface area contributed by atoms with Gasteiger partial charge in [-0.3, -0.25) is 4.79 Å². The lowest BCUT2D eigenvalue weighted by Gasteiger charge is -2.17. The number of hydrogen-bond donors (Lipinski definition) is 0. The fraction of sp³-hybridized carbons (Fsp3) is 0.278. The Balaban J connectivity index is 2.10. The third-order valence-electron chi connectivity index (χ3n) is 3.35. The van der Waals surface area contributed by atoms with Gasteiger partial charge in [-0.05, 0) is 26.0 Å². The third-order valence-corrected chi connectivity index (χ3v) is 3.35. The molecule has 0 aliphatic heterocycles. The highest BCUT2D eigenvalue weighted by Crippen LogP contribution is 2.21. The van der Waals surface area contributed by atoms with Crippen molar-refractivity contribution in [1.29, 1.82) is 0 Å². The summed E-state index contributed by atoms with van der Waals surface area (Å²) in [4.78, 5) is 14.3. The van der Waals surface area contributed by atoms with Crippen molar-refractivity contribution in [3.8, 4) is 5.75 Å². The number of ether oxygens (including phenoxy) is 1. The highest BCUT2D eigenvalue weighted by atomic mass is 16.5. The first-order chi connectivity index (χ1) is 9.97. The van der Waals surface area contributed by atoms with Gasteiger partial charge in [-0.1, -0.05) is 35.9 Å². The van der Waals surface area contributed by atoms with E-state index < -0.39 is 6.10 Å². The highest BCUT2D eigenvalue weighted by Gasteiger charge is 2.16. The van der Waals surface area contributed by atoms with E-state index >= 15 is 0 Å². The van der Waals surface area contributed by atoms with Gasteiger partial charge in [0.1, 0.15) is 5.75 Å². The minimum absolute atomic E-state index is 0.00902. The average molecular weight is 283 g/mol. The van der Waals surface area contributed by atoms with Crippen LogP contribution < -0.4 is 9.64 Å². The number of Topliss-reactive ketones (excluding diaryl/α,β-unsaturated/α-hetero) is 1. The molecule has 0 saturated heterocycles. The van der Waals surface area contributed by atoms with Crippen LogP contribution in [0.5, 0.6) is 5.75 Å². The van der Waals surface area contributed by atoms with Gasteiger partial charge in [0, 0.05) is 31.4 Å². The van der Waals surface area contributed by atoms with Gasteiger partial charge in [-0.15, -0.1) is 0 Å². The van der Waals surface area contributed by atoms with Crippen molar-refractivity contribution in [1.82, 2.24) is 0 Å². The molecule has 0 amide bonds. The fourth-order valence-corrected chi connectivity index (χ4v) is 2.05. The van der Waals surface area contributed by atoms with E-state index in [4.69, 9.17) is 4.74 Å². The summed E-state index contributed by atoms with van der Waals surface area (Å²) in [7, 11) is 3.94. The molecule has 1 unspecified atom stereocenters. The van der Waals surface area contributed by atoms with E-state index in [-0.39, 0.29) is 5.78 Å². The molecule has 0 N–H and O–H groups in total. The molecule has 0 aliphatic rings. The highest BCUT2D eigenvalue weighted by molar-refractivity contribution is 5.99. The Labute approximate surface area is 126 Å². The van der Waals surface area contributed by atoms with Crippen LogP contribution in [0.3, 0.4) is 0 Å². The first-order valence-corrected chi connectivity index (χ1v) is 7.02. The van der Waals surface area contributed by atoms with E-state index in [1.165, 1.54) is 0 Å². The number of carbonyl (C=O) groups is 1. The van der Waals surface area contributed by atoms with Crippen molar-refractivity contribution in [2.24, 2.45) is 0 Å². The Kier molecular flexibility index (Phi) is 4.63. The zero-order chi connectivity index (χ0) is 15.4. The average Bonchev–Trinajstić information content (AvgIpc) is 2.47. The molecule has 0 spiro atoms. The van der Waals surface area contributed by atoms with Crippen molar-refractivity contribution in [3.63, 3.8) is 0 Å². The normalized spacial score (nSPS) is 11.8. The lowest BCUT2D eigenvalue weighted by molar-refractivity contribution is 0.0818. The molecule has 21 heavy (non-hydrogen) atoms. The second kappa shape index (κ2) is 6.44. The van der Waals surface area contributed by atoms with Crippen LogP contribution in [0.2, 0.25) is 0 Å². The summed E-state index contributed by atoms with van der Waals surface area (Å²) in [5, 5.41) is 0. The molecule has 2 rings (SSSR count). The lowest BCUT2D eigenvalue weighted by Crippen LogP contribution is -2.24. The number of benzene rings is 2. The number of ketones is 1. The predicted molar refractivity (Wildman–Crippen MR) is 86.4 cm³/mol. The van der Waals surface area contributed by atoms with E-state index in [1.807, 2.05) is 74.4 Å². The maximum Gasteiger partial charge on any atom is 0.202 e. The molecule has 2 aromatic carbocycles. The molecule has 0 aliphatic carbocycles. The number of aryl methyl sites for hydroxylation is 1. The molecule has 2 aromatic rings. The SMILES string of the molecule is Cc1ccc(C(=O)C(C)Oc2cccc(N(C)C)c2)cc1. The zero-order valence-corrected chi connectivity index (χ0v) is 13.0. The van der Waals surface area contributed by atoms with Gasteiger partial charge in [-0.25, -0.2) is 0 Å². The second-order valence-corrected chi connectivity index (χ2v) is 5.38. The first-order valence-electron chi connectivity index (χ1n) is 7.02. The summed E-state index contributed by atoms with van der Waals surface area (Å²) in [5.74, 6) is 0.694. The standard InChI is InChI=1S/C18H21NO2/c1-13-8-10-15(11-9-13)18(20)14(2)21-17-7-5-6-16(12-17)19(3)4/h5-12,14H,1-4H3. The number of nitrogens with zero attached hydrogens (tertiary/aromatic N) is 1. The molecule has 0 bridgehead atoms. The third kappa shape index (κ3) is 3.85. The quantitative estimate of drug-likeness (QED) is 0.783. The van der Waals surface area contributed by atoms with Crippen LogP contribution in [0.4, 0.5) is 5.69 Å². The van der Waals surface area contributed by atoms with Crippen LogP contribution in [-0.4, -0.2) is 26.0 Å². The summed E-state index contributed by atoms with van der Waals surface area (Å²) in [5.41, 5.74) is 2.86. The molecule has 0 aromatic heterocycles. The summed E-state index contributed by atoms with van der Waals surface area (Å²) in [6, 6.07) is 15.3. The molecule has 110 valence electrons. The minimum Gasteiger partial charge on any atom is -0.482 e. The van der Waals surface area contributed by atoms with Crippen molar-refractivity contribution < 1.29 is 9.53 Å². The van der Waals surface area contributed by atoms with Crippen LogP contribution in [-0.2, 0) is 0 Å². The molecule has 3 nitrogen and oxygen atoms in total. The summed E-state index contributed by atoms with van der Waals surface area (Å²) in [6.07, 6.45) is -0.509. The van der Waals surface area contributed by atoms with Crippen molar-refractivity contribution >= 4 is 11.5 Å². The maximum absolute atomic E-state index is 12.3. The second-order valence-electron chi connectivity index (χ2n) is 5.38. The Morgan fingerprint density at radius 2 is 1.76 bits per heavy atom. The largest absolute Gasteiger partial charge is 0.482 e. The number of carbonyl (C=O) groups excluding carboxylic acids is 1. The number of anilines is 1. The van der Waals surface area contributed by atoms with Gasteiger partial charge in [0.2, 0.25) is 5.78 Å². The maximum atomic E-state index is 12.3. The lowest BCUT2D eigenvalue weighted by atomic mass is 10.1. The molecule has 0 radical (unpaired) electrons. The van der Waals surface area contributed by atoms with Gasteiger partial charge < -0.3 is 9.64 Å². The fourth-order valence-electron chi connectivity index (χ4n) is 2.05. The molecular weight excluding hydrogens is 262 g/mol. The summed E-state index contributed by atoms with van der Waals surface area (Å²) >= 11 is 0. The number of hydrogen-bond acceptors (Lipinski definition) is 3. The van der Waals surface area contributed by atoms with E-state index in [2.05, 4.69) is 0 Å². The van der Waals surface area contributed by atoms with Crippen molar-refractivity contribution in [3.05, 3.63) is 59.7 Å². The van der Waals surface area contributed by atoms with E-state index in [0.29, 0.717) is 11.3 Å². The Morgan fingerprint density at radius 1 is 1.10 bits per heavy atom. The van der Waals surface area contributed by atoms with Gasteiger partial charge in [0.05, 0.1) is 0 Å². The Hall–Kier alpha value is -2.29. The van der Waals surface area contributed by atoms with Crippen LogP contribution >= 0.6 is 0 Å². The Bertz CT molecular complexity index is 617. The van der Waals surface area contributed by atoms with Crippen LogP contribution in [0.15, 0.2) is 48.5 Å². The smallest absolute Gasteiger partial charge is 0.202 e. The minimum atomic E-state index is -0.509. The van der Waals surface area contributed by atoms with Gasteiger partial charge in [0.15, 0.2) is 6.10 Å². The van der Waals surface area contributed by atoms with Crippen LogP contribution in [0, 0.1) is 6.92 Å². The summed E-state index contributed by atoms with van der Waals surface area (Å²) in [6.45, 7) is 3.78. The molecule has 0 heterocycles. The molecular formula is C18H21NO2. The topological polar surface area (TPSA) is 29.5 Å². The van der Waals surface area contributed by atoms with E-state index in [0.717, 1.165) is 11.3 Å². The summed E-state index contributed by atoms with van der Waals surface area (Å²) < 4.78 is 5.78. The van der Waals surface area contributed by atoms with E-state index in [9.17, 15) is 4.79 Å². The first kappa shape index (κ1) is 15.1. The van der Waals surface area contributed by atoms with Crippen molar-refractivity contribution in [2.45, 2.75) is 20.0 Å². The van der Waals surface area contributed by atoms with Gasteiger partial charge in [0.25, 0.3) is 0 Å². The molecule has 3 heteroatoms. The Morgan fingerprint density at radius 3 is 2.38 bits per heavy atom. The van der Waals surface area contributed by atoms with Crippen molar-refractivity contribution in [2.75, 3.05) is 19.0 Å². The number of rotatable bonds is 5. The van der Waals surface area contributed by atoms with Gasteiger partial charge in [-0.2, -0.15) is 0 Å². The molecule has 0 saturated carbocycles. The van der Waals surface area contributed by atoms with Crippen LogP contribution in [0.25, 0.3) is 0 Å². The zero-order valence-electron chi connectivity index (χ0n) is 13.0. The van der Waals surface area contributed by atoms with Gasteiger partial charge >= 0.3 is 0 Å². The predicted octanol–water partition coefficient (Wildman–Crippen LogP) is 3.71. The monoisotopic (exact) mass is 283 g/mol. The molecule has 0 fully saturated rings. The molecule has 1 atom stereocenters. The van der Waals surface area contributed by atoms with E-state index in [1.54, 1.807) is 6.92 Å².